The van der Waals surface area contributed by atoms with Gasteiger partial charge in [-0.05, 0) is 95.8 Å². The Bertz CT molecular complexity index is 1310. The maximum Gasteiger partial charge on any atom is 0.410 e. The van der Waals surface area contributed by atoms with Gasteiger partial charge in [0.2, 0.25) is 23.6 Å². The first-order chi connectivity index (χ1) is 22.3. The van der Waals surface area contributed by atoms with Crippen molar-refractivity contribution in [2.45, 2.75) is 115 Å². The number of phenolic OH excluding ortho intramolecular Hbond substituents is 1. The predicted octanol–water partition coefficient (Wildman–Crippen LogP) is 2.96. The van der Waals surface area contributed by atoms with Crippen molar-refractivity contribution in [1.82, 2.24) is 25.3 Å². The van der Waals surface area contributed by atoms with Crippen LogP contribution in [0.4, 0.5) is 4.79 Å². The molecule has 0 bridgehead atoms. The van der Waals surface area contributed by atoms with Crippen LogP contribution in [0.3, 0.4) is 0 Å². The van der Waals surface area contributed by atoms with Gasteiger partial charge in [-0.15, -0.1) is 0 Å². The number of likely N-dealkylation sites (tertiary alicyclic amines) is 3. The van der Waals surface area contributed by atoms with Crippen molar-refractivity contribution in [1.29, 1.82) is 0 Å². The highest BCUT2D eigenvalue weighted by molar-refractivity contribution is 5.95. The minimum Gasteiger partial charge on any atom is -0.508 e. The molecular formula is C35H51N5O7. The average Bonchev–Trinajstić information content (AvgIpc) is 3.80. The number of rotatable bonds is 8. The normalized spacial score (nSPS) is 25.6. The summed E-state index contributed by atoms with van der Waals surface area (Å²) >= 11 is 0. The Labute approximate surface area is 277 Å². The number of hydrogen-bond acceptors (Lipinski definition) is 7. The molecule has 1 aliphatic carbocycles. The first kappa shape index (κ1) is 34.5. The minimum atomic E-state index is -0.957. The lowest BCUT2D eigenvalue weighted by Gasteiger charge is -2.32. The molecule has 4 aliphatic rings. The number of aromatic hydroxyl groups is 1. The van der Waals surface area contributed by atoms with Crippen molar-refractivity contribution < 1.29 is 33.8 Å². The molecule has 1 saturated carbocycles. The summed E-state index contributed by atoms with van der Waals surface area (Å²) in [7, 11) is 0. The fraction of sp³-hybridized carbons (Fsp3) is 0.686. The second-order valence-corrected chi connectivity index (χ2v) is 14.7. The lowest BCUT2D eigenvalue weighted by molar-refractivity contribution is -0.142. The topological polar surface area (TPSA) is 149 Å². The summed E-state index contributed by atoms with van der Waals surface area (Å²) in [6.45, 7) is 9.08. The third-order valence-corrected chi connectivity index (χ3v) is 10.0. The van der Waals surface area contributed by atoms with Crippen molar-refractivity contribution in [3.8, 4) is 5.75 Å². The van der Waals surface area contributed by atoms with Crippen LogP contribution in [0.25, 0.3) is 0 Å². The summed E-state index contributed by atoms with van der Waals surface area (Å²) in [5.74, 6) is -0.250. The van der Waals surface area contributed by atoms with Gasteiger partial charge in [0.25, 0.3) is 0 Å². The summed E-state index contributed by atoms with van der Waals surface area (Å²) in [6, 6.07) is 3.32. The van der Waals surface area contributed by atoms with Crippen molar-refractivity contribution in [2.24, 2.45) is 11.8 Å². The number of nitrogens with zero attached hydrogens (tertiary/aromatic N) is 3. The van der Waals surface area contributed by atoms with Gasteiger partial charge < -0.3 is 30.3 Å². The maximum absolute atomic E-state index is 13.8. The molecule has 1 aromatic carbocycles. The van der Waals surface area contributed by atoms with Crippen molar-refractivity contribution in [3.05, 3.63) is 29.8 Å². The summed E-state index contributed by atoms with van der Waals surface area (Å²) in [4.78, 5) is 72.2. The van der Waals surface area contributed by atoms with E-state index in [0.29, 0.717) is 63.7 Å². The quantitative estimate of drug-likeness (QED) is 0.391. The van der Waals surface area contributed by atoms with Crippen LogP contribution < -0.4 is 10.6 Å². The molecule has 5 amide bonds. The molecule has 6 atom stereocenters. The van der Waals surface area contributed by atoms with Crippen molar-refractivity contribution >= 4 is 29.7 Å². The van der Waals surface area contributed by atoms with Gasteiger partial charge in [0.15, 0.2) is 0 Å². The molecule has 3 aliphatic heterocycles. The smallest absolute Gasteiger partial charge is 0.410 e. The highest BCUT2D eigenvalue weighted by Gasteiger charge is 2.44. The van der Waals surface area contributed by atoms with E-state index in [4.69, 9.17) is 4.74 Å². The summed E-state index contributed by atoms with van der Waals surface area (Å²) in [5, 5.41) is 15.4. The molecule has 0 aromatic heterocycles. The molecule has 47 heavy (non-hydrogen) atoms. The minimum absolute atomic E-state index is 0.116. The van der Waals surface area contributed by atoms with Gasteiger partial charge >= 0.3 is 6.09 Å². The summed E-state index contributed by atoms with van der Waals surface area (Å²) < 4.78 is 5.52. The van der Waals surface area contributed by atoms with E-state index in [1.54, 1.807) is 52.0 Å². The SMILES string of the molecule is CC(NC(=O)C1CCCN1C(=O)C1CCCN1C(=O)OC(C)(C)C)C(=O)NC(Cc1ccc(O)cc1)C(=O)N1CC2CCCCC2C1. The van der Waals surface area contributed by atoms with Crippen LogP contribution in [0.2, 0.25) is 0 Å². The van der Waals surface area contributed by atoms with Crippen LogP contribution in [0.15, 0.2) is 24.3 Å². The number of carbonyl (C=O) groups excluding carboxylic acids is 5. The Kier molecular flexibility index (Phi) is 10.7. The molecule has 5 rings (SSSR count). The van der Waals surface area contributed by atoms with E-state index in [2.05, 4.69) is 10.6 Å². The first-order valence-electron chi connectivity index (χ1n) is 17.3. The van der Waals surface area contributed by atoms with E-state index in [9.17, 15) is 29.1 Å². The molecule has 12 nitrogen and oxygen atoms in total. The largest absolute Gasteiger partial charge is 0.508 e. The molecule has 1 aromatic rings. The number of nitrogens with one attached hydrogen (secondary N) is 2. The van der Waals surface area contributed by atoms with Crippen LogP contribution in [-0.4, -0.2) is 105 Å². The first-order valence-corrected chi connectivity index (χ1v) is 17.3. The highest BCUT2D eigenvalue weighted by atomic mass is 16.6. The van der Waals surface area contributed by atoms with Gasteiger partial charge in [-0.1, -0.05) is 25.0 Å². The summed E-state index contributed by atoms with van der Waals surface area (Å²) in [6.07, 6.45) is 6.55. The van der Waals surface area contributed by atoms with Crippen molar-refractivity contribution in [3.63, 3.8) is 0 Å². The number of phenols is 1. The van der Waals surface area contributed by atoms with Crippen LogP contribution in [0, 0.1) is 11.8 Å². The Morgan fingerprint density at radius 3 is 2.06 bits per heavy atom. The van der Waals surface area contributed by atoms with Crippen LogP contribution in [-0.2, 0) is 30.3 Å². The molecule has 3 saturated heterocycles. The standard InChI is InChI=1S/C35H51N5O7/c1-22(36-31(43)28-11-7-17-39(28)33(45)29-12-8-18-40(29)34(46)47-35(2,3)4)30(42)37-27(19-23-13-15-26(41)16-14-23)32(44)38-20-24-9-5-6-10-25(24)21-38/h13-16,22,24-25,27-29,41H,5-12,17-21H2,1-4H3,(H,36,43)(H,37,42). The number of fused-ring (bicyclic) bond motifs is 1. The molecule has 258 valence electrons. The number of carbonyl (C=O) groups is 5. The van der Waals surface area contributed by atoms with Gasteiger partial charge in [-0.3, -0.25) is 24.1 Å². The Balaban J connectivity index is 1.22. The van der Waals surface area contributed by atoms with E-state index >= 15 is 0 Å². The number of benzene rings is 1. The molecule has 3 heterocycles. The molecule has 6 unspecified atom stereocenters. The monoisotopic (exact) mass is 653 g/mol. The number of ether oxygens (including phenoxy) is 1. The number of hydrogen-bond donors (Lipinski definition) is 3. The Morgan fingerprint density at radius 1 is 0.851 bits per heavy atom. The fourth-order valence-electron chi connectivity index (χ4n) is 7.60. The summed E-state index contributed by atoms with van der Waals surface area (Å²) in [5.41, 5.74) is 0.0998. The van der Waals surface area contributed by atoms with Gasteiger partial charge in [-0.25, -0.2) is 4.79 Å². The zero-order valence-electron chi connectivity index (χ0n) is 28.2. The molecule has 0 spiro atoms. The van der Waals surface area contributed by atoms with Gasteiger partial charge in [-0.2, -0.15) is 0 Å². The predicted molar refractivity (Wildman–Crippen MR) is 174 cm³/mol. The zero-order valence-corrected chi connectivity index (χ0v) is 28.2. The van der Waals surface area contributed by atoms with E-state index in [0.717, 1.165) is 18.4 Å². The second kappa shape index (κ2) is 14.5. The van der Waals surface area contributed by atoms with Gasteiger partial charge in [0, 0.05) is 32.6 Å². The molecule has 4 fully saturated rings. The third kappa shape index (κ3) is 8.37. The lowest BCUT2D eigenvalue weighted by atomic mass is 9.82. The molecule has 0 radical (unpaired) electrons. The highest BCUT2D eigenvalue weighted by Crippen LogP contribution is 2.36. The molecule has 3 N–H and O–H groups in total. The fourth-order valence-corrected chi connectivity index (χ4v) is 7.60. The van der Waals surface area contributed by atoms with Crippen LogP contribution in [0.5, 0.6) is 5.75 Å². The molecular weight excluding hydrogens is 602 g/mol. The number of amides is 5. The van der Waals surface area contributed by atoms with E-state index in [-0.39, 0.29) is 24.0 Å². The Hall–Kier alpha value is -3.83. The van der Waals surface area contributed by atoms with E-state index in [1.165, 1.54) is 22.6 Å². The maximum atomic E-state index is 13.8. The molecule has 12 heteroatoms. The van der Waals surface area contributed by atoms with E-state index < -0.39 is 47.7 Å². The average molecular weight is 654 g/mol. The zero-order chi connectivity index (χ0) is 33.9. The van der Waals surface area contributed by atoms with E-state index in [1.807, 2.05) is 4.90 Å². The Morgan fingerprint density at radius 2 is 1.45 bits per heavy atom. The van der Waals surface area contributed by atoms with Gasteiger partial charge in [0.1, 0.15) is 35.5 Å². The van der Waals surface area contributed by atoms with Gasteiger partial charge in [0.05, 0.1) is 0 Å². The van der Waals surface area contributed by atoms with Crippen LogP contribution >= 0.6 is 0 Å². The van der Waals surface area contributed by atoms with Crippen LogP contribution in [0.1, 0.15) is 84.6 Å². The van der Waals surface area contributed by atoms with Crippen molar-refractivity contribution in [2.75, 3.05) is 26.2 Å². The lowest BCUT2D eigenvalue weighted by Crippen LogP contribution is -2.57. The second-order valence-electron chi connectivity index (χ2n) is 14.7. The third-order valence-electron chi connectivity index (χ3n) is 10.0.